The highest BCUT2D eigenvalue weighted by Crippen LogP contribution is 2.19. The van der Waals surface area contributed by atoms with Crippen LogP contribution >= 0.6 is 0 Å². The smallest absolute Gasteiger partial charge is 0.227 e. The maximum Gasteiger partial charge on any atom is 0.227 e. The van der Waals surface area contributed by atoms with Gasteiger partial charge in [-0.05, 0) is 42.5 Å². The molecule has 112 valence electrons. The second-order valence-electron chi connectivity index (χ2n) is 4.51. The first-order chi connectivity index (χ1) is 10.6. The van der Waals surface area contributed by atoms with Gasteiger partial charge in [-0.25, -0.2) is 4.39 Å². The molecule has 1 amide bonds. The van der Waals surface area contributed by atoms with Crippen molar-refractivity contribution in [1.82, 2.24) is 0 Å². The summed E-state index contributed by atoms with van der Waals surface area (Å²) in [4.78, 5) is 11.8. The van der Waals surface area contributed by atoms with E-state index in [1.165, 1.54) is 12.1 Å². The number of hydrogen-bond donors (Lipinski definition) is 2. The van der Waals surface area contributed by atoms with Gasteiger partial charge < -0.3 is 15.8 Å². The van der Waals surface area contributed by atoms with Crippen molar-refractivity contribution >= 4 is 17.3 Å². The second kappa shape index (κ2) is 7.09. The predicted molar refractivity (Wildman–Crippen MR) is 80.7 cm³/mol. The molecule has 0 aliphatic carbocycles. The van der Waals surface area contributed by atoms with Gasteiger partial charge in [-0.2, -0.15) is 5.26 Å². The Morgan fingerprint density at radius 3 is 2.64 bits per heavy atom. The van der Waals surface area contributed by atoms with Gasteiger partial charge >= 0.3 is 0 Å². The van der Waals surface area contributed by atoms with E-state index in [-0.39, 0.29) is 24.6 Å². The summed E-state index contributed by atoms with van der Waals surface area (Å²) in [6.45, 7) is 0.179. The molecule has 0 aliphatic heterocycles. The van der Waals surface area contributed by atoms with E-state index in [1.807, 2.05) is 6.07 Å². The summed E-state index contributed by atoms with van der Waals surface area (Å²) in [6, 6.07) is 12.4. The number of halogens is 1. The zero-order valence-electron chi connectivity index (χ0n) is 11.7. The molecular weight excluding hydrogens is 285 g/mol. The largest absolute Gasteiger partial charge is 0.493 e. The lowest BCUT2D eigenvalue weighted by molar-refractivity contribution is -0.116. The highest BCUT2D eigenvalue weighted by atomic mass is 19.1. The van der Waals surface area contributed by atoms with Gasteiger partial charge in [0, 0.05) is 0 Å². The highest BCUT2D eigenvalue weighted by Gasteiger charge is 2.06. The van der Waals surface area contributed by atoms with E-state index >= 15 is 0 Å². The summed E-state index contributed by atoms with van der Waals surface area (Å²) in [6.07, 6.45) is 0.122. The van der Waals surface area contributed by atoms with Crippen LogP contribution in [0, 0.1) is 17.1 Å². The quantitative estimate of drug-likeness (QED) is 0.831. The van der Waals surface area contributed by atoms with Gasteiger partial charge in [0.2, 0.25) is 5.91 Å². The zero-order chi connectivity index (χ0) is 15.9. The average molecular weight is 299 g/mol. The molecular formula is C16H14FN3O2. The van der Waals surface area contributed by atoms with E-state index in [4.69, 9.17) is 15.7 Å². The van der Waals surface area contributed by atoms with Crippen LogP contribution < -0.4 is 15.8 Å². The molecule has 0 radical (unpaired) electrons. The number of benzene rings is 2. The normalized spacial score (nSPS) is 9.82. The molecule has 2 rings (SSSR count). The Labute approximate surface area is 127 Å². The van der Waals surface area contributed by atoms with Gasteiger partial charge in [0.1, 0.15) is 11.6 Å². The Bertz CT molecular complexity index is 708. The van der Waals surface area contributed by atoms with Gasteiger partial charge in [-0.3, -0.25) is 4.79 Å². The number of carbonyl (C=O) groups is 1. The number of hydrogen-bond acceptors (Lipinski definition) is 4. The van der Waals surface area contributed by atoms with Crippen LogP contribution in [0.1, 0.15) is 12.0 Å². The Balaban J connectivity index is 1.81. The number of anilines is 2. The molecule has 0 fully saturated rings. The van der Waals surface area contributed by atoms with Crippen molar-refractivity contribution in [3.05, 3.63) is 53.8 Å². The van der Waals surface area contributed by atoms with Crippen LogP contribution in [-0.2, 0) is 4.79 Å². The van der Waals surface area contributed by atoms with E-state index in [2.05, 4.69) is 5.32 Å². The Morgan fingerprint density at radius 1 is 1.27 bits per heavy atom. The van der Waals surface area contributed by atoms with Crippen LogP contribution in [0.3, 0.4) is 0 Å². The van der Waals surface area contributed by atoms with Crippen LogP contribution in [0.25, 0.3) is 0 Å². The minimum atomic E-state index is -0.459. The molecule has 0 heterocycles. The highest BCUT2D eigenvalue weighted by molar-refractivity contribution is 5.93. The number of amides is 1. The molecule has 22 heavy (non-hydrogen) atoms. The fourth-order valence-corrected chi connectivity index (χ4v) is 1.75. The summed E-state index contributed by atoms with van der Waals surface area (Å²) >= 11 is 0. The Hall–Kier alpha value is -3.07. The number of nitriles is 1. The molecule has 6 heteroatoms. The van der Waals surface area contributed by atoms with Crippen LogP contribution in [0.4, 0.5) is 15.8 Å². The van der Waals surface area contributed by atoms with Gasteiger partial charge in [0.05, 0.1) is 36.0 Å². The standard InChI is InChI=1S/C16H14FN3O2/c17-12-3-6-15(14(19)9-12)20-16(21)7-8-22-13-4-1-11(10-18)2-5-13/h1-6,9H,7-8,19H2,(H,20,21). The van der Waals surface area contributed by atoms with Crippen molar-refractivity contribution in [3.8, 4) is 11.8 Å². The fourth-order valence-electron chi connectivity index (χ4n) is 1.75. The summed E-state index contributed by atoms with van der Waals surface area (Å²) < 4.78 is 18.3. The molecule has 0 atom stereocenters. The summed E-state index contributed by atoms with van der Waals surface area (Å²) in [5.74, 6) is -0.167. The lowest BCUT2D eigenvalue weighted by Crippen LogP contribution is -2.16. The van der Waals surface area contributed by atoms with Crippen LogP contribution in [0.15, 0.2) is 42.5 Å². The summed E-state index contributed by atoms with van der Waals surface area (Å²) in [7, 11) is 0. The maximum absolute atomic E-state index is 12.9. The van der Waals surface area contributed by atoms with Crippen molar-refractivity contribution in [2.24, 2.45) is 0 Å². The second-order valence-corrected chi connectivity index (χ2v) is 4.51. The molecule has 3 N–H and O–H groups in total. The number of carbonyl (C=O) groups excluding carboxylic acids is 1. The van der Waals surface area contributed by atoms with Crippen LogP contribution in [0.5, 0.6) is 5.75 Å². The summed E-state index contributed by atoms with van der Waals surface area (Å²) in [5, 5.41) is 11.3. The Kier molecular flexibility index (Phi) is 4.94. The average Bonchev–Trinajstić information content (AvgIpc) is 2.51. The van der Waals surface area contributed by atoms with Gasteiger partial charge in [0.25, 0.3) is 0 Å². The lowest BCUT2D eigenvalue weighted by atomic mass is 10.2. The van der Waals surface area contributed by atoms with Crippen molar-refractivity contribution in [2.75, 3.05) is 17.7 Å². The third-order valence-corrected chi connectivity index (χ3v) is 2.87. The first kappa shape index (κ1) is 15.3. The molecule has 2 aromatic rings. The fraction of sp³-hybridized carbons (Fsp3) is 0.125. The third kappa shape index (κ3) is 4.21. The van der Waals surface area contributed by atoms with E-state index in [9.17, 15) is 9.18 Å². The van der Waals surface area contributed by atoms with Crippen LogP contribution in [0.2, 0.25) is 0 Å². The van der Waals surface area contributed by atoms with Crippen molar-refractivity contribution in [3.63, 3.8) is 0 Å². The maximum atomic E-state index is 12.9. The Morgan fingerprint density at radius 2 is 2.00 bits per heavy atom. The summed E-state index contributed by atoms with van der Waals surface area (Å²) in [5.41, 5.74) is 6.68. The number of nitrogen functional groups attached to an aromatic ring is 1. The number of ether oxygens (including phenoxy) is 1. The SMILES string of the molecule is N#Cc1ccc(OCCC(=O)Nc2ccc(F)cc2N)cc1. The number of nitrogens with two attached hydrogens (primary N) is 1. The minimum Gasteiger partial charge on any atom is -0.493 e. The molecule has 0 bridgehead atoms. The van der Waals surface area contributed by atoms with E-state index in [0.29, 0.717) is 17.0 Å². The monoisotopic (exact) mass is 299 g/mol. The van der Waals surface area contributed by atoms with E-state index < -0.39 is 5.82 Å². The first-order valence-corrected chi connectivity index (χ1v) is 6.56. The van der Waals surface area contributed by atoms with E-state index in [1.54, 1.807) is 24.3 Å². The minimum absolute atomic E-state index is 0.122. The number of nitrogens with zero attached hydrogens (tertiary/aromatic N) is 1. The molecule has 0 saturated heterocycles. The van der Waals surface area contributed by atoms with Gasteiger partial charge in [-0.1, -0.05) is 0 Å². The molecule has 0 aromatic heterocycles. The van der Waals surface area contributed by atoms with E-state index in [0.717, 1.165) is 6.07 Å². The topological polar surface area (TPSA) is 88.1 Å². The molecule has 5 nitrogen and oxygen atoms in total. The molecule has 0 aliphatic rings. The van der Waals surface area contributed by atoms with Crippen molar-refractivity contribution in [1.29, 1.82) is 5.26 Å². The molecule has 2 aromatic carbocycles. The number of nitrogens with one attached hydrogen (secondary N) is 1. The molecule has 0 unspecified atom stereocenters. The van der Waals surface area contributed by atoms with Gasteiger partial charge in [-0.15, -0.1) is 0 Å². The first-order valence-electron chi connectivity index (χ1n) is 6.56. The van der Waals surface area contributed by atoms with Crippen LogP contribution in [-0.4, -0.2) is 12.5 Å². The van der Waals surface area contributed by atoms with Crippen molar-refractivity contribution < 1.29 is 13.9 Å². The van der Waals surface area contributed by atoms with Crippen molar-refractivity contribution in [2.45, 2.75) is 6.42 Å². The number of rotatable bonds is 5. The lowest BCUT2D eigenvalue weighted by Gasteiger charge is -2.09. The molecule has 0 saturated carbocycles. The van der Waals surface area contributed by atoms with Gasteiger partial charge in [0.15, 0.2) is 0 Å². The predicted octanol–water partition coefficient (Wildman–Crippen LogP) is 2.69. The third-order valence-electron chi connectivity index (χ3n) is 2.87. The molecule has 0 spiro atoms. The zero-order valence-corrected chi connectivity index (χ0v) is 11.7.